The van der Waals surface area contributed by atoms with E-state index in [4.69, 9.17) is 11.0 Å². The molecule has 0 radical (unpaired) electrons. The van der Waals surface area contributed by atoms with Gasteiger partial charge in [-0.05, 0) is 17.7 Å². The van der Waals surface area contributed by atoms with Crippen molar-refractivity contribution in [2.75, 3.05) is 0 Å². The van der Waals surface area contributed by atoms with E-state index >= 15 is 0 Å². The zero-order valence-corrected chi connectivity index (χ0v) is 11.4. The molecule has 0 bridgehead atoms. The van der Waals surface area contributed by atoms with Gasteiger partial charge in [-0.25, -0.2) is 9.64 Å². The van der Waals surface area contributed by atoms with Crippen LogP contribution >= 0.6 is 0 Å². The number of benzene rings is 1. The quantitative estimate of drug-likeness (QED) is 0.754. The van der Waals surface area contributed by atoms with Crippen LogP contribution in [0.1, 0.15) is 5.56 Å². The minimum absolute atomic E-state index is 0.126. The van der Waals surface area contributed by atoms with Gasteiger partial charge in [-0.15, -0.1) is 0 Å². The number of furan rings is 1. The van der Waals surface area contributed by atoms with E-state index in [0.717, 1.165) is 10.1 Å². The Bertz CT molecular complexity index is 942. The highest BCUT2D eigenvalue weighted by molar-refractivity contribution is 5.54. The Morgan fingerprint density at radius 2 is 1.95 bits per heavy atom. The Morgan fingerprint density at radius 3 is 2.59 bits per heavy atom. The number of hydrogen-bond acceptors (Lipinski definition) is 3. The molecule has 2 heterocycles. The van der Waals surface area contributed by atoms with Gasteiger partial charge in [0.05, 0.1) is 24.9 Å². The summed E-state index contributed by atoms with van der Waals surface area (Å²) in [5, 5.41) is 0. The molecule has 6 nitrogen and oxygen atoms in total. The number of rotatable bonds is 3. The van der Waals surface area contributed by atoms with Crippen molar-refractivity contribution in [2.45, 2.75) is 6.54 Å². The Labute approximate surface area is 125 Å². The van der Waals surface area contributed by atoms with E-state index < -0.39 is 11.2 Å². The SMILES string of the molecule is [C-]#[N+]c1ccc(Cn2c(=O)[nH]cc(-c3ccco3)c2=O)cc1. The summed E-state index contributed by atoms with van der Waals surface area (Å²) >= 11 is 0. The minimum Gasteiger partial charge on any atom is -0.464 e. The predicted molar refractivity (Wildman–Crippen MR) is 80.8 cm³/mol. The van der Waals surface area contributed by atoms with Gasteiger partial charge in [-0.2, -0.15) is 0 Å². The van der Waals surface area contributed by atoms with Crippen LogP contribution in [0, 0.1) is 6.57 Å². The Kier molecular flexibility index (Phi) is 3.46. The fourth-order valence-corrected chi connectivity index (χ4v) is 2.12. The molecule has 0 saturated carbocycles. The molecule has 0 amide bonds. The molecule has 0 aliphatic carbocycles. The third kappa shape index (κ3) is 2.47. The van der Waals surface area contributed by atoms with Crippen LogP contribution in [0.5, 0.6) is 0 Å². The molecule has 0 aliphatic rings. The second kappa shape index (κ2) is 5.58. The summed E-state index contributed by atoms with van der Waals surface area (Å²) in [5.74, 6) is 0.401. The van der Waals surface area contributed by atoms with Gasteiger partial charge in [-0.1, -0.05) is 24.3 Å². The molecular weight excluding hydrogens is 282 g/mol. The van der Waals surface area contributed by atoms with Gasteiger partial charge in [0.25, 0.3) is 5.56 Å². The van der Waals surface area contributed by atoms with Gasteiger partial charge in [0.1, 0.15) is 5.76 Å². The summed E-state index contributed by atoms with van der Waals surface area (Å²) in [7, 11) is 0. The van der Waals surface area contributed by atoms with E-state index in [1.807, 2.05) is 0 Å². The lowest BCUT2D eigenvalue weighted by molar-refractivity contribution is 0.578. The maximum absolute atomic E-state index is 12.5. The molecule has 0 unspecified atom stereocenters. The van der Waals surface area contributed by atoms with Gasteiger partial charge < -0.3 is 9.40 Å². The molecule has 0 spiro atoms. The zero-order valence-electron chi connectivity index (χ0n) is 11.4. The standard InChI is InChI=1S/C16H11N3O3/c1-17-12-6-4-11(5-7-12)10-19-15(20)13(9-18-16(19)21)14-3-2-8-22-14/h2-9H,10H2,(H,18,21). The van der Waals surface area contributed by atoms with E-state index in [-0.39, 0.29) is 6.54 Å². The summed E-state index contributed by atoms with van der Waals surface area (Å²) in [6.45, 7) is 7.04. The van der Waals surface area contributed by atoms with Crippen molar-refractivity contribution >= 4 is 5.69 Å². The Hall–Kier alpha value is -3.33. The summed E-state index contributed by atoms with van der Waals surface area (Å²) < 4.78 is 6.31. The summed E-state index contributed by atoms with van der Waals surface area (Å²) in [6, 6.07) is 10.1. The lowest BCUT2D eigenvalue weighted by Crippen LogP contribution is -2.35. The number of hydrogen-bond donors (Lipinski definition) is 1. The number of aromatic nitrogens is 2. The van der Waals surface area contributed by atoms with Crippen molar-refractivity contribution in [3.8, 4) is 11.3 Å². The molecule has 0 fully saturated rings. The highest BCUT2D eigenvalue weighted by atomic mass is 16.3. The van der Waals surface area contributed by atoms with Crippen molar-refractivity contribution in [3.63, 3.8) is 0 Å². The predicted octanol–water partition coefficient (Wildman–Crippen LogP) is 2.40. The lowest BCUT2D eigenvalue weighted by atomic mass is 10.2. The zero-order chi connectivity index (χ0) is 15.5. The average molecular weight is 293 g/mol. The molecule has 6 heteroatoms. The Balaban J connectivity index is 2.03. The second-order valence-corrected chi connectivity index (χ2v) is 4.65. The first-order valence-corrected chi connectivity index (χ1v) is 6.52. The molecule has 3 rings (SSSR count). The molecule has 2 aromatic heterocycles. The molecule has 22 heavy (non-hydrogen) atoms. The molecule has 0 saturated heterocycles. The van der Waals surface area contributed by atoms with E-state index in [1.54, 1.807) is 36.4 Å². The maximum Gasteiger partial charge on any atom is 0.328 e. The van der Waals surface area contributed by atoms with E-state index in [0.29, 0.717) is 17.0 Å². The lowest BCUT2D eigenvalue weighted by Gasteiger charge is -2.06. The van der Waals surface area contributed by atoms with Gasteiger partial charge in [0.2, 0.25) is 0 Å². The van der Waals surface area contributed by atoms with Gasteiger partial charge in [0.15, 0.2) is 5.69 Å². The summed E-state index contributed by atoms with van der Waals surface area (Å²) in [6.07, 6.45) is 2.81. The fourth-order valence-electron chi connectivity index (χ4n) is 2.12. The van der Waals surface area contributed by atoms with Crippen LogP contribution in [0.2, 0.25) is 0 Å². The monoisotopic (exact) mass is 293 g/mol. The largest absolute Gasteiger partial charge is 0.464 e. The molecular formula is C16H11N3O3. The molecule has 1 aromatic carbocycles. The first-order chi connectivity index (χ1) is 10.7. The van der Waals surface area contributed by atoms with Crippen LogP contribution in [-0.4, -0.2) is 9.55 Å². The van der Waals surface area contributed by atoms with Crippen LogP contribution < -0.4 is 11.2 Å². The summed E-state index contributed by atoms with van der Waals surface area (Å²) in [4.78, 5) is 30.2. The van der Waals surface area contributed by atoms with E-state index in [1.165, 1.54) is 12.5 Å². The molecule has 0 atom stereocenters. The number of nitrogens with zero attached hydrogens (tertiary/aromatic N) is 2. The molecule has 108 valence electrons. The van der Waals surface area contributed by atoms with Crippen LogP contribution in [0.3, 0.4) is 0 Å². The highest BCUT2D eigenvalue weighted by Gasteiger charge is 2.11. The van der Waals surface area contributed by atoms with Crippen LogP contribution in [0.4, 0.5) is 5.69 Å². The second-order valence-electron chi connectivity index (χ2n) is 4.65. The van der Waals surface area contributed by atoms with Crippen molar-refractivity contribution < 1.29 is 4.42 Å². The highest BCUT2D eigenvalue weighted by Crippen LogP contribution is 2.15. The van der Waals surface area contributed by atoms with Crippen LogP contribution in [0.15, 0.2) is 62.9 Å². The first-order valence-electron chi connectivity index (χ1n) is 6.52. The Morgan fingerprint density at radius 1 is 1.18 bits per heavy atom. The van der Waals surface area contributed by atoms with E-state index in [9.17, 15) is 9.59 Å². The fraction of sp³-hybridized carbons (Fsp3) is 0.0625. The number of nitrogens with one attached hydrogen (secondary N) is 1. The van der Waals surface area contributed by atoms with Crippen molar-refractivity contribution in [1.29, 1.82) is 0 Å². The average Bonchev–Trinajstić information content (AvgIpc) is 3.06. The van der Waals surface area contributed by atoms with Crippen molar-refractivity contribution in [3.05, 3.63) is 86.7 Å². The molecule has 0 aliphatic heterocycles. The summed E-state index contributed by atoms with van der Waals surface area (Å²) in [5.41, 5.74) is 0.649. The van der Waals surface area contributed by atoms with Crippen molar-refractivity contribution in [1.82, 2.24) is 9.55 Å². The molecule has 1 N–H and O–H groups in total. The normalized spacial score (nSPS) is 10.3. The number of H-pyrrole nitrogens is 1. The van der Waals surface area contributed by atoms with Crippen LogP contribution in [0.25, 0.3) is 16.2 Å². The van der Waals surface area contributed by atoms with Gasteiger partial charge in [0, 0.05) is 6.20 Å². The first kappa shape index (κ1) is 13.6. The van der Waals surface area contributed by atoms with E-state index in [2.05, 4.69) is 9.83 Å². The third-order valence-corrected chi connectivity index (χ3v) is 3.25. The topological polar surface area (TPSA) is 72.4 Å². The van der Waals surface area contributed by atoms with Gasteiger partial charge >= 0.3 is 5.69 Å². The van der Waals surface area contributed by atoms with Gasteiger partial charge in [-0.3, -0.25) is 9.36 Å². The maximum atomic E-state index is 12.5. The van der Waals surface area contributed by atoms with Crippen molar-refractivity contribution in [2.24, 2.45) is 0 Å². The number of aromatic amines is 1. The minimum atomic E-state index is -0.491. The smallest absolute Gasteiger partial charge is 0.328 e. The molecule has 3 aromatic rings. The van der Waals surface area contributed by atoms with Crippen LogP contribution in [-0.2, 0) is 6.54 Å². The third-order valence-electron chi connectivity index (χ3n) is 3.25.